The van der Waals surface area contributed by atoms with Gasteiger partial charge in [-0.1, -0.05) is 124 Å². The minimum atomic E-state index is 0. The van der Waals surface area contributed by atoms with Gasteiger partial charge < -0.3 is 0 Å². The highest BCUT2D eigenvalue weighted by Crippen LogP contribution is 2.12. The van der Waals surface area contributed by atoms with E-state index in [0.717, 1.165) is 6.42 Å². The molecular weight excluding hydrogens is 432 g/mol. The Bertz CT molecular complexity index is 1070. The smallest absolute Gasteiger partial charge is 0.00258 e. The van der Waals surface area contributed by atoms with Crippen molar-refractivity contribution in [3.05, 3.63) is 141 Å². The molecule has 0 heteroatoms. The Morgan fingerprint density at radius 2 is 0.778 bits per heavy atom. The zero-order valence-corrected chi connectivity index (χ0v) is 21.8. The molecule has 196 valence electrons. The van der Waals surface area contributed by atoms with Crippen LogP contribution in [0.5, 0.6) is 0 Å². The van der Waals surface area contributed by atoms with Crippen molar-refractivity contribution in [1.29, 1.82) is 0 Å². The lowest BCUT2D eigenvalue weighted by atomic mass is 10.0. The number of rotatable bonds is 2. The molecule has 0 aromatic heterocycles. The third-order valence-electron chi connectivity index (χ3n) is 6.19. The van der Waals surface area contributed by atoms with Gasteiger partial charge in [0.05, 0.1) is 0 Å². The number of hydrogen-bond donors (Lipinski definition) is 0. The van der Waals surface area contributed by atoms with Crippen LogP contribution in [0.4, 0.5) is 0 Å². The van der Waals surface area contributed by atoms with Crippen molar-refractivity contribution in [3.63, 3.8) is 0 Å². The summed E-state index contributed by atoms with van der Waals surface area (Å²) in [5.41, 5.74) is 13.7. The molecule has 0 heterocycles. The Morgan fingerprint density at radius 1 is 0.389 bits per heavy atom. The Morgan fingerprint density at radius 3 is 1.11 bits per heavy atom. The van der Waals surface area contributed by atoms with E-state index in [2.05, 4.69) is 140 Å². The summed E-state index contributed by atoms with van der Waals surface area (Å²) < 4.78 is 0. The molecule has 0 saturated carbocycles. The normalized spacial score (nSPS) is 9.11. The summed E-state index contributed by atoms with van der Waals surface area (Å²) in [6, 6.07) is 30.4. The Labute approximate surface area is 224 Å². The van der Waals surface area contributed by atoms with E-state index >= 15 is 0 Å². The molecule has 0 amide bonds. The lowest BCUT2D eigenvalue weighted by Gasteiger charge is -2.03. The summed E-state index contributed by atoms with van der Waals surface area (Å²) >= 11 is 0. The van der Waals surface area contributed by atoms with Crippen LogP contribution in [-0.2, 0) is 6.42 Å². The zero-order chi connectivity index (χ0) is 24.4. The van der Waals surface area contributed by atoms with Gasteiger partial charge in [0.1, 0.15) is 0 Å². The van der Waals surface area contributed by atoms with Gasteiger partial charge in [0, 0.05) is 0 Å². The highest BCUT2D eigenvalue weighted by molar-refractivity contribution is 5.32. The van der Waals surface area contributed by atoms with E-state index in [1.54, 1.807) is 0 Å². The summed E-state index contributed by atoms with van der Waals surface area (Å²) in [7, 11) is 0. The maximum Gasteiger partial charge on any atom is -0.00258 e. The van der Waals surface area contributed by atoms with E-state index in [4.69, 9.17) is 0 Å². The van der Waals surface area contributed by atoms with E-state index < -0.39 is 0 Å². The van der Waals surface area contributed by atoms with Crippen molar-refractivity contribution in [3.8, 4) is 0 Å². The van der Waals surface area contributed by atoms with Crippen LogP contribution < -0.4 is 0 Å². The SMILES string of the molecule is C.C.C.Cc1ccc(C)c(C)c1.Cc1ccc(Cc2ccc(C)cc2)cc1.Cc1cccc(C)c1C. The molecule has 0 aliphatic heterocycles. The summed E-state index contributed by atoms with van der Waals surface area (Å²) in [5.74, 6) is 0. The molecular formula is C36H52. The Kier molecular flexibility index (Phi) is 16.9. The monoisotopic (exact) mass is 484 g/mol. The molecule has 0 nitrogen and oxygen atoms in total. The second-order valence-corrected chi connectivity index (χ2v) is 9.25. The first-order valence-corrected chi connectivity index (χ1v) is 11.8. The molecule has 0 aliphatic carbocycles. The summed E-state index contributed by atoms with van der Waals surface area (Å²) in [6.45, 7) is 17.1. The first kappa shape index (κ1) is 35.0. The van der Waals surface area contributed by atoms with Crippen LogP contribution >= 0.6 is 0 Å². The van der Waals surface area contributed by atoms with Crippen molar-refractivity contribution in [1.82, 2.24) is 0 Å². The molecule has 0 aliphatic rings. The van der Waals surface area contributed by atoms with Crippen molar-refractivity contribution in [2.24, 2.45) is 0 Å². The van der Waals surface area contributed by atoms with Crippen LogP contribution in [0.2, 0.25) is 0 Å². The molecule has 36 heavy (non-hydrogen) atoms. The summed E-state index contributed by atoms with van der Waals surface area (Å²) in [5, 5.41) is 0. The minimum absolute atomic E-state index is 0. The molecule has 4 aromatic rings. The first-order valence-electron chi connectivity index (χ1n) is 11.8. The number of benzene rings is 4. The number of aryl methyl sites for hydroxylation is 7. The van der Waals surface area contributed by atoms with E-state index in [9.17, 15) is 0 Å². The van der Waals surface area contributed by atoms with Gasteiger partial charge in [-0.25, -0.2) is 0 Å². The Hall–Kier alpha value is -3.12. The van der Waals surface area contributed by atoms with E-state index in [1.807, 2.05) is 0 Å². The van der Waals surface area contributed by atoms with Gasteiger partial charge in [0.15, 0.2) is 0 Å². The molecule has 0 saturated heterocycles. The second kappa shape index (κ2) is 17.3. The first-order chi connectivity index (χ1) is 15.7. The predicted molar refractivity (Wildman–Crippen MR) is 167 cm³/mol. The van der Waals surface area contributed by atoms with Crippen LogP contribution in [0.1, 0.15) is 77.9 Å². The molecule has 4 rings (SSSR count). The van der Waals surface area contributed by atoms with E-state index in [1.165, 1.54) is 55.6 Å². The molecule has 0 bridgehead atoms. The molecule has 0 atom stereocenters. The highest BCUT2D eigenvalue weighted by Gasteiger charge is 1.96. The molecule has 0 spiro atoms. The van der Waals surface area contributed by atoms with Crippen molar-refractivity contribution in [2.45, 2.75) is 84.1 Å². The fourth-order valence-electron chi connectivity index (χ4n) is 3.44. The lowest BCUT2D eigenvalue weighted by Crippen LogP contribution is -1.88. The average Bonchev–Trinajstić information content (AvgIpc) is 2.79. The quantitative estimate of drug-likeness (QED) is 0.265. The average molecular weight is 485 g/mol. The van der Waals surface area contributed by atoms with Crippen LogP contribution in [0.3, 0.4) is 0 Å². The number of hydrogen-bond acceptors (Lipinski definition) is 0. The standard InChI is InChI=1S/C15H16.2C9H12.3CH4/c1-12-3-7-14(8-4-12)11-15-9-5-13(2)6-10-15;1-7-4-5-8(2)9(3)6-7;1-7-5-4-6-8(2)9(7)3;;;/h3-10H,11H2,1-2H3;2*4-6H,1-3H3;3*1H4. The Balaban J connectivity index is 0. The van der Waals surface area contributed by atoms with Crippen molar-refractivity contribution in [2.75, 3.05) is 0 Å². The van der Waals surface area contributed by atoms with Gasteiger partial charge in [-0.15, -0.1) is 0 Å². The van der Waals surface area contributed by atoms with Gasteiger partial charge in [0.25, 0.3) is 0 Å². The zero-order valence-electron chi connectivity index (χ0n) is 21.8. The largest absolute Gasteiger partial charge is 0.0776 e. The van der Waals surface area contributed by atoms with Crippen LogP contribution in [-0.4, -0.2) is 0 Å². The van der Waals surface area contributed by atoms with Crippen molar-refractivity contribution < 1.29 is 0 Å². The molecule has 0 N–H and O–H groups in total. The third kappa shape index (κ3) is 12.0. The highest BCUT2D eigenvalue weighted by atomic mass is 14.0. The lowest BCUT2D eigenvalue weighted by molar-refractivity contribution is 1.18. The molecule has 4 aromatic carbocycles. The van der Waals surface area contributed by atoms with Gasteiger partial charge in [-0.3, -0.25) is 0 Å². The fourth-order valence-corrected chi connectivity index (χ4v) is 3.44. The molecule has 0 radical (unpaired) electrons. The summed E-state index contributed by atoms with van der Waals surface area (Å²) in [4.78, 5) is 0. The van der Waals surface area contributed by atoms with E-state index in [-0.39, 0.29) is 22.3 Å². The maximum absolute atomic E-state index is 2.20. The second-order valence-electron chi connectivity index (χ2n) is 9.25. The van der Waals surface area contributed by atoms with Gasteiger partial charge in [-0.2, -0.15) is 0 Å². The molecule has 0 fully saturated rings. The fraction of sp³-hybridized carbons (Fsp3) is 0.333. The predicted octanol–water partition coefficient (Wildman–Crippen LogP) is 11.0. The topological polar surface area (TPSA) is 0 Å². The van der Waals surface area contributed by atoms with Crippen LogP contribution in [0.15, 0.2) is 84.9 Å². The van der Waals surface area contributed by atoms with Crippen LogP contribution in [0.25, 0.3) is 0 Å². The van der Waals surface area contributed by atoms with Gasteiger partial charge in [0.2, 0.25) is 0 Å². The van der Waals surface area contributed by atoms with Gasteiger partial charge in [-0.05, 0) is 101 Å². The maximum atomic E-state index is 2.20. The van der Waals surface area contributed by atoms with Crippen LogP contribution in [0, 0.1) is 55.4 Å². The van der Waals surface area contributed by atoms with Gasteiger partial charge >= 0.3 is 0 Å². The minimum Gasteiger partial charge on any atom is -0.0776 e. The van der Waals surface area contributed by atoms with E-state index in [0.29, 0.717) is 0 Å². The summed E-state index contributed by atoms with van der Waals surface area (Å²) in [6.07, 6.45) is 1.03. The van der Waals surface area contributed by atoms with Crippen molar-refractivity contribution >= 4 is 0 Å². The molecule has 0 unspecified atom stereocenters. The third-order valence-corrected chi connectivity index (χ3v) is 6.19.